The summed E-state index contributed by atoms with van der Waals surface area (Å²) in [6.45, 7) is 2.29. The molecule has 0 bridgehead atoms. The number of carbonyl (C=O) groups excluding carboxylic acids is 2. The van der Waals surface area contributed by atoms with Gasteiger partial charge in [0.15, 0.2) is 11.5 Å². The molecule has 2 atom stereocenters. The van der Waals surface area contributed by atoms with E-state index in [1.807, 2.05) is 25.2 Å². The van der Waals surface area contributed by atoms with E-state index in [1.54, 1.807) is 14.2 Å². The molecule has 162 valence electrons. The maximum absolute atomic E-state index is 12.4. The number of hydrogen-bond donors (Lipinski definition) is 3. The fraction of sp³-hybridized carbons (Fsp3) is 0.550. The van der Waals surface area contributed by atoms with Crippen LogP contribution in [0.15, 0.2) is 18.2 Å². The van der Waals surface area contributed by atoms with Crippen LogP contribution < -0.4 is 20.1 Å². The first-order chi connectivity index (χ1) is 13.9. The molecule has 29 heavy (non-hydrogen) atoms. The summed E-state index contributed by atoms with van der Waals surface area (Å²) in [7, 11) is 5.20. The molecule has 1 fully saturated rings. The summed E-state index contributed by atoms with van der Waals surface area (Å²) >= 11 is 0. The van der Waals surface area contributed by atoms with Gasteiger partial charge in [-0.15, -0.1) is 0 Å². The lowest BCUT2D eigenvalue weighted by Crippen LogP contribution is -2.41. The van der Waals surface area contributed by atoms with Crippen molar-refractivity contribution in [2.75, 3.05) is 27.8 Å². The Morgan fingerprint density at radius 3 is 2.45 bits per heavy atom. The van der Waals surface area contributed by atoms with Crippen LogP contribution in [0.4, 0.5) is 0 Å². The second kappa shape index (κ2) is 12.6. The Morgan fingerprint density at radius 2 is 1.86 bits per heavy atom. The van der Waals surface area contributed by atoms with Gasteiger partial charge in [0.05, 0.1) is 14.2 Å². The van der Waals surface area contributed by atoms with Gasteiger partial charge in [0.1, 0.15) is 0 Å². The monoisotopic (exact) mass is 409 g/mol. The van der Waals surface area contributed by atoms with Crippen molar-refractivity contribution in [3.05, 3.63) is 23.8 Å². The molecule has 0 unspecified atom stereocenters. The highest BCUT2D eigenvalue weighted by atomic mass is 16.5. The number of nitrogens with one attached hydrogen (secondary N) is 2. The highest BCUT2D eigenvalue weighted by Crippen LogP contribution is 2.30. The molecule has 2 amide bonds. The molecule has 1 aromatic rings. The number of ether oxygens (including phenoxy) is 2. The molecule has 0 aromatic heterocycles. The SMILES string of the molecule is COc1cccc(CNC(=O)C[C@@H]2CC[C@H](CNC(C)=O)N2C)c1OC.O=CO. The summed E-state index contributed by atoms with van der Waals surface area (Å²) < 4.78 is 10.7. The van der Waals surface area contributed by atoms with Crippen LogP contribution in [0.2, 0.25) is 0 Å². The predicted octanol–water partition coefficient (Wildman–Crippen LogP) is 1.01. The van der Waals surface area contributed by atoms with E-state index in [-0.39, 0.29) is 30.4 Å². The highest BCUT2D eigenvalue weighted by Gasteiger charge is 2.31. The van der Waals surface area contributed by atoms with Crippen LogP contribution in [-0.4, -0.2) is 68.2 Å². The molecule has 1 aliphatic heterocycles. The van der Waals surface area contributed by atoms with Gasteiger partial charge in [-0.1, -0.05) is 12.1 Å². The van der Waals surface area contributed by atoms with Crippen molar-refractivity contribution in [1.82, 2.24) is 15.5 Å². The highest BCUT2D eigenvalue weighted by molar-refractivity contribution is 5.76. The largest absolute Gasteiger partial charge is 0.493 e. The number of likely N-dealkylation sites (N-methyl/N-ethyl adjacent to an activating group) is 1. The van der Waals surface area contributed by atoms with Gasteiger partial charge >= 0.3 is 0 Å². The Bertz CT molecular complexity index is 682. The first-order valence-corrected chi connectivity index (χ1v) is 9.38. The van der Waals surface area contributed by atoms with E-state index in [4.69, 9.17) is 19.4 Å². The van der Waals surface area contributed by atoms with Crippen LogP contribution in [-0.2, 0) is 20.9 Å². The first kappa shape index (κ1) is 24.2. The molecule has 1 aliphatic rings. The van der Waals surface area contributed by atoms with E-state index >= 15 is 0 Å². The van der Waals surface area contributed by atoms with Crippen LogP contribution >= 0.6 is 0 Å². The number of amides is 2. The zero-order valence-corrected chi connectivity index (χ0v) is 17.4. The smallest absolute Gasteiger partial charge is 0.290 e. The number of carboxylic acid groups (broad SMARTS) is 1. The number of likely N-dealkylation sites (tertiary alicyclic amines) is 1. The lowest BCUT2D eigenvalue weighted by molar-refractivity contribution is -0.123. The van der Waals surface area contributed by atoms with Gasteiger partial charge in [-0.3, -0.25) is 19.3 Å². The van der Waals surface area contributed by atoms with Crippen LogP contribution in [0.25, 0.3) is 0 Å². The lowest BCUT2D eigenvalue weighted by atomic mass is 10.1. The minimum Gasteiger partial charge on any atom is -0.493 e. The number of methoxy groups -OCH3 is 2. The third-order valence-electron chi connectivity index (χ3n) is 4.95. The summed E-state index contributed by atoms with van der Waals surface area (Å²) in [5, 5.41) is 12.7. The number of para-hydroxylation sites is 1. The van der Waals surface area contributed by atoms with E-state index in [2.05, 4.69) is 15.5 Å². The number of carbonyl (C=O) groups is 3. The van der Waals surface area contributed by atoms with Gasteiger partial charge in [-0.25, -0.2) is 0 Å². The second-order valence-corrected chi connectivity index (χ2v) is 6.73. The summed E-state index contributed by atoms with van der Waals surface area (Å²) in [5.41, 5.74) is 0.878. The van der Waals surface area contributed by atoms with Gasteiger partial charge in [0, 0.05) is 44.1 Å². The molecular formula is C20H31N3O6. The van der Waals surface area contributed by atoms with Gasteiger partial charge in [0.2, 0.25) is 11.8 Å². The average molecular weight is 409 g/mol. The summed E-state index contributed by atoms with van der Waals surface area (Å²) in [6.07, 6.45) is 2.38. The topological polar surface area (TPSA) is 117 Å². The second-order valence-electron chi connectivity index (χ2n) is 6.73. The van der Waals surface area contributed by atoms with Gasteiger partial charge in [-0.05, 0) is 26.0 Å². The van der Waals surface area contributed by atoms with Crippen molar-refractivity contribution in [2.24, 2.45) is 0 Å². The molecule has 9 nitrogen and oxygen atoms in total. The fourth-order valence-corrected chi connectivity index (χ4v) is 3.42. The fourth-order valence-electron chi connectivity index (χ4n) is 3.42. The Balaban J connectivity index is 0.00000132. The predicted molar refractivity (Wildman–Crippen MR) is 108 cm³/mol. The number of hydrogen-bond acceptors (Lipinski definition) is 6. The first-order valence-electron chi connectivity index (χ1n) is 9.38. The summed E-state index contributed by atoms with van der Waals surface area (Å²) in [5.74, 6) is 1.28. The van der Waals surface area contributed by atoms with Crippen molar-refractivity contribution in [3.63, 3.8) is 0 Å². The maximum atomic E-state index is 12.4. The third-order valence-corrected chi connectivity index (χ3v) is 4.95. The van der Waals surface area contributed by atoms with Crippen molar-refractivity contribution in [3.8, 4) is 11.5 Å². The van der Waals surface area contributed by atoms with Crippen molar-refractivity contribution in [1.29, 1.82) is 0 Å². The van der Waals surface area contributed by atoms with Crippen LogP contribution in [0.5, 0.6) is 11.5 Å². The molecule has 9 heteroatoms. The van der Waals surface area contributed by atoms with E-state index in [9.17, 15) is 9.59 Å². The number of nitrogens with zero attached hydrogens (tertiary/aromatic N) is 1. The minimum atomic E-state index is -0.250. The normalized spacial score (nSPS) is 18.2. The average Bonchev–Trinajstić information content (AvgIpc) is 3.04. The quantitative estimate of drug-likeness (QED) is 0.549. The van der Waals surface area contributed by atoms with Crippen molar-refractivity contribution in [2.45, 2.75) is 44.8 Å². The minimum absolute atomic E-state index is 0.00639. The molecular weight excluding hydrogens is 378 g/mol. The van der Waals surface area contributed by atoms with Crippen LogP contribution in [0, 0.1) is 0 Å². The van der Waals surface area contributed by atoms with Gasteiger partial charge in [0.25, 0.3) is 6.47 Å². The standard InChI is InChI=1S/C19H29N3O4.CH2O2/c1-13(23)20-12-16-9-8-15(22(16)2)10-18(24)21-11-14-6-5-7-17(25-3)19(14)26-4;2-1-3/h5-7,15-16H,8-12H2,1-4H3,(H,20,23)(H,21,24);1H,(H,2,3)/t15-,16+;/m0./s1. The third kappa shape index (κ3) is 7.61. The molecule has 3 N–H and O–H groups in total. The van der Waals surface area contributed by atoms with Gasteiger partial charge in [-0.2, -0.15) is 0 Å². The Hall–Kier alpha value is -2.81. The molecule has 1 aromatic carbocycles. The van der Waals surface area contributed by atoms with Crippen LogP contribution in [0.3, 0.4) is 0 Å². The Morgan fingerprint density at radius 1 is 1.21 bits per heavy atom. The van der Waals surface area contributed by atoms with E-state index in [0.29, 0.717) is 31.0 Å². The number of rotatable bonds is 8. The molecule has 0 aliphatic carbocycles. The molecule has 2 rings (SSSR count). The Kier molecular flexibility index (Phi) is 10.5. The summed E-state index contributed by atoms with van der Waals surface area (Å²) in [4.78, 5) is 34.0. The molecule has 1 heterocycles. The van der Waals surface area contributed by atoms with Gasteiger partial charge < -0.3 is 25.2 Å². The van der Waals surface area contributed by atoms with Crippen molar-refractivity contribution >= 4 is 18.3 Å². The zero-order chi connectivity index (χ0) is 21.8. The van der Waals surface area contributed by atoms with Crippen LogP contribution in [0.1, 0.15) is 31.7 Å². The maximum Gasteiger partial charge on any atom is 0.290 e. The Labute approximate surface area is 171 Å². The van der Waals surface area contributed by atoms with E-state index in [0.717, 1.165) is 18.4 Å². The van der Waals surface area contributed by atoms with Crippen molar-refractivity contribution < 1.29 is 29.0 Å². The van der Waals surface area contributed by atoms with E-state index in [1.165, 1.54) is 6.92 Å². The molecule has 1 saturated heterocycles. The zero-order valence-electron chi connectivity index (χ0n) is 17.4. The summed E-state index contributed by atoms with van der Waals surface area (Å²) in [6, 6.07) is 6.09. The lowest BCUT2D eigenvalue weighted by Gasteiger charge is -2.25. The van der Waals surface area contributed by atoms with E-state index < -0.39 is 0 Å². The molecule has 0 saturated carbocycles. The molecule has 0 spiro atoms. The number of benzene rings is 1. The molecule has 0 radical (unpaired) electrons.